The summed E-state index contributed by atoms with van der Waals surface area (Å²) >= 11 is 1.55. The molecule has 21 heavy (non-hydrogen) atoms. The average molecular weight is 297 g/mol. The summed E-state index contributed by atoms with van der Waals surface area (Å²) in [6, 6.07) is 17.9. The van der Waals surface area contributed by atoms with Crippen molar-refractivity contribution in [1.82, 2.24) is 0 Å². The Morgan fingerprint density at radius 2 is 1.76 bits per heavy atom. The first-order valence-electron chi connectivity index (χ1n) is 6.98. The molecule has 0 heterocycles. The van der Waals surface area contributed by atoms with Crippen molar-refractivity contribution in [2.24, 2.45) is 0 Å². The number of aryl methyl sites for hydroxylation is 1. The summed E-state index contributed by atoms with van der Waals surface area (Å²) in [6.45, 7) is 3.94. The highest BCUT2D eigenvalue weighted by molar-refractivity contribution is 8.02. The van der Waals surface area contributed by atoms with E-state index in [-0.39, 0.29) is 5.91 Å². The lowest BCUT2D eigenvalue weighted by Gasteiger charge is -2.06. The fourth-order valence-electron chi connectivity index (χ4n) is 1.76. The van der Waals surface area contributed by atoms with E-state index in [1.165, 1.54) is 5.56 Å². The van der Waals surface area contributed by atoms with Gasteiger partial charge >= 0.3 is 0 Å². The van der Waals surface area contributed by atoms with Gasteiger partial charge in [-0.1, -0.05) is 49.0 Å². The van der Waals surface area contributed by atoms with Crippen molar-refractivity contribution in [2.45, 2.75) is 25.2 Å². The monoisotopic (exact) mass is 297 g/mol. The molecular weight excluding hydrogens is 278 g/mol. The van der Waals surface area contributed by atoms with Gasteiger partial charge in [0.1, 0.15) is 0 Å². The van der Waals surface area contributed by atoms with Crippen LogP contribution >= 0.6 is 11.8 Å². The van der Waals surface area contributed by atoms with Gasteiger partial charge in [-0.3, -0.25) is 4.79 Å². The highest BCUT2D eigenvalue weighted by Gasteiger charge is 2.04. The van der Waals surface area contributed by atoms with Gasteiger partial charge in [0, 0.05) is 16.2 Å². The second kappa shape index (κ2) is 7.70. The van der Waals surface area contributed by atoms with E-state index in [1.807, 2.05) is 66.9 Å². The van der Waals surface area contributed by atoms with E-state index in [0.29, 0.717) is 5.57 Å². The molecule has 1 N–H and O–H groups in total. The number of carbonyl (C=O) groups is 1. The molecular formula is C18H19NOS. The third-order valence-electron chi connectivity index (χ3n) is 3.09. The summed E-state index contributed by atoms with van der Waals surface area (Å²) in [7, 11) is 0. The molecule has 0 bridgehead atoms. The Morgan fingerprint density at radius 1 is 1.10 bits per heavy atom. The molecule has 0 radical (unpaired) electrons. The molecule has 0 spiro atoms. The molecule has 2 aromatic carbocycles. The van der Waals surface area contributed by atoms with Crippen LogP contribution in [0.15, 0.2) is 70.5 Å². The van der Waals surface area contributed by atoms with Crippen molar-refractivity contribution >= 4 is 23.4 Å². The van der Waals surface area contributed by atoms with Gasteiger partial charge in [-0.2, -0.15) is 0 Å². The van der Waals surface area contributed by atoms with E-state index in [2.05, 4.69) is 12.2 Å². The van der Waals surface area contributed by atoms with Gasteiger partial charge in [0.05, 0.1) is 0 Å². The zero-order chi connectivity index (χ0) is 15.1. The molecule has 0 fully saturated rings. The molecule has 1 amide bonds. The van der Waals surface area contributed by atoms with E-state index in [9.17, 15) is 4.79 Å². The summed E-state index contributed by atoms with van der Waals surface area (Å²) in [4.78, 5) is 13.2. The summed E-state index contributed by atoms with van der Waals surface area (Å²) in [5.41, 5.74) is 2.79. The third kappa shape index (κ3) is 4.80. The Balaban J connectivity index is 1.95. The lowest BCUT2D eigenvalue weighted by molar-refractivity contribution is -0.112. The van der Waals surface area contributed by atoms with Gasteiger partial charge in [0.25, 0.3) is 5.91 Å². The summed E-state index contributed by atoms with van der Waals surface area (Å²) in [6.07, 6.45) is 1.00. The smallest absolute Gasteiger partial charge is 0.251 e. The maximum atomic E-state index is 12.1. The minimum Gasteiger partial charge on any atom is -0.322 e. The molecule has 0 saturated heterocycles. The van der Waals surface area contributed by atoms with Crippen LogP contribution in [-0.4, -0.2) is 5.91 Å². The van der Waals surface area contributed by atoms with Crippen LogP contribution in [0.25, 0.3) is 0 Å². The molecule has 0 aliphatic carbocycles. The number of thioether (sulfide) groups is 1. The SMILES string of the molecule is CCc1ccc(NC(=O)C(C)=CSc2ccccc2)cc1. The standard InChI is InChI=1S/C18H19NOS/c1-3-15-9-11-16(12-10-15)19-18(20)14(2)13-21-17-7-5-4-6-8-17/h4-13H,3H2,1-2H3,(H,19,20). The van der Waals surface area contributed by atoms with E-state index in [1.54, 1.807) is 11.8 Å². The van der Waals surface area contributed by atoms with Crippen molar-refractivity contribution in [1.29, 1.82) is 0 Å². The van der Waals surface area contributed by atoms with Crippen molar-refractivity contribution in [3.63, 3.8) is 0 Å². The molecule has 0 saturated carbocycles. The lowest BCUT2D eigenvalue weighted by atomic mass is 10.1. The largest absolute Gasteiger partial charge is 0.322 e. The molecule has 108 valence electrons. The van der Waals surface area contributed by atoms with E-state index in [0.717, 1.165) is 17.0 Å². The first-order valence-corrected chi connectivity index (χ1v) is 7.85. The zero-order valence-corrected chi connectivity index (χ0v) is 13.1. The predicted octanol–water partition coefficient (Wildman–Crippen LogP) is 4.88. The molecule has 0 atom stereocenters. The third-order valence-corrected chi connectivity index (χ3v) is 4.11. The molecule has 2 nitrogen and oxygen atoms in total. The topological polar surface area (TPSA) is 29.1 Å². The van der Waals surface area contributed by atoms with E-state index < -0.39 is 0 Å². The molecule has 0 unspecified atom stereocenters. The van der Waals surface area contributed by atoms with Gasteiger partial charge in [-0.15, -0.1) is 0 Å². The Morgan fingerprint density at radius 3 is 2.38 bits per heavy atom. The Hall–Kier alpha value is -2.00. The van der Waals surface area contributed by atoms with Crippen LogP contribution in [0.3, 0.4) is 0 Å². The summed E-state index contributed by atoms with van der Waals surface area (Å²) < 4.78 is 0. The minimum absolute atomic E-state index is 0.0670. The normalized spacial score (nSPS) is 11.2. The van der Waals surface area contributed by atoms with Gasteiger partial charge in [0.2, 0.25) is 0 Å². The lowest BCUT2D eigenvalue weighted by Crippen LogP contribution is -2.12. The van der Waals surface area contributed by atoms with Crippen LogP contribution in [0.4, 0.5) is 5.69 Å². The van der Waals surface area contributed by atoms with Crippen molar-refractivity contribution in [3.8, 4) is 0 Å². The number of hydrogen-bond donors (Lipinski definition) is 1. The Kier molecular flexibility index (Phi) is 5.64. The highest BCUT2D eigenvalue weighted by Crippen LogP contribution is 2.20. The van der Waals surface area contributed by atoms with Crippen LogP contribution in [0.2, 0.25) is 0 Å². The highest BCUT2D eigenvalue weighted by atomic mass is 32.2. The second-order valence-electron chi connectivity index (χ2n) is 4.74. The average Bonchev–Trinajstić information content (AvgIpc) is 2.54. The molecule has 0 aliphatic heterocycles. The van der Waals surface area contributed by atoms with Crippen molar-refractivity contribution in [3.05, 3.63) is 71.1 Å². The van der Waals surface area contributed by atoms with E-state index in [4.69, 9.17) is 0 Å². The quantitative estimate of drug-likeness (QED) is 0.629. The number of anilines is 1. The Labute approximate surface area is 130 Å². The van der Waals surface area contributed by atoms with Crippen LogP contribution in [-0.2, 0) is 11.2 Å². The molecule has 2 aromatic rings. The van der Waals surface area contributed by atoms with Gasteiger partial charge in [-0.25, -0.2) is 0 Å². The van der Waals surface area contributed by atoms with Crippen LogP contribution in [0, 0.1) is 0 Å². The van der Waals surface area contributed by atoms with Crippen molar-refractivity contribution < 1.29 is 4.79 Å². The number of hydrogen-bond acceptors (Lipinski definition) is 2. The molecule has 0 aliphatic rings. The fraction of sp³-hybridized carbons (Fsp3) is 0.167. The van der Waals surface area contributed by atoms with Crippen LogP contribution in [0.1, 0.15) is 19.4 Å². The van der Waals surface area contributed by atoms with E-state index >= 15 is 0 Å². The zero-order valence-electron chi connectivity index (χ0n) is 12.3. The molecule has 2 rings (SSSR count). The fourth-order valence-corrected chi connectivity index (χ4v) is 2.50. The number of rotatable bonds is 5. The maximum absolute atomic E-state index is 12.1. The maximum Gasteiger partial charge on any atom is 0.251 e. The number of benzene rings is 2. The first kappa shape index (κ1) is 15.4. The van der Waals surface area contributed by atoms with Crippen LogP contribution < -0.4 is 5.32 Å². The first-order chi connectivity index (χ1) is 10.2. The van der Waals surface area contributed by atoms with Gasteiger partial charge in [0.15, 0.2) is 0 Å². The van der Waals surface area contributed by atoms with Gasteiger partial charge < -0.3 is 5.32 Å². The molecule has 0 aromatic heterocycles. The predicted molar refractivity (Wildman–Crippen MR) is 90.5 cm³/mol. The van der Waals surface area contributed by atoms with Crippen molar-refractivity contribution in [2.75, 3.05) is 5.32 Å². The van der Waals surface area contributed by atoms with Crippen LogP contribution in [0.5, 0.6) is 0 Å². The minimum atomic E-state index is -0.0670. The second-order valence-corrected chi connectivity index (χ2v) is 5.68. The number of carbonyl (C=O) groups excluding carboxylic acids is 1. The van der Waals surface area contributed by atoms with Gasteiger partial charge in [-0.05, 0) is 48.6 Å². The number of amides is 1. The summed E-state index contributed by atoms with van der Waals surface area (Å²) in [5, 5.41) is 4.79. The molecule has 3 heteroatoms. The Bertz CT molecular complexity index is 617. The summed E-state index contributed by atoms with van der Waals surface area (Å²) in [5.74, 6) is -0.0670. The number of nitrogens with one attached hydrogen (secondary N) is 1.